The van der Waals surface area contributed by atoms with E-state index in [0.29, 0.717) is 5.89 Å². The third kappa shape index (κ3) is 3.94. The predicted molar refractivity (Wildman–Crippen MR) is 185 cm³/mol. The van der Waals surface area contributed by atoms with Gasteiger partial charge in [-0.1, -0.05) is 81.4 Å². The average Bonchev–Trinajstić information content (AvgIpc) is 3.74. The average molecular weight is 583 g/mol. The smallest absolute Gasteiger partial charge is 0.227 e. The molecule has 0 unspecified atom stereocenters. The van der Waals surface area contributed by atoms with Gasteiger partial charge in [-0.15, -0.1) is 0 Å². The molecule has 0 fully saturated rings. The van der Waals surface area contributed by atoms with Gasteiger partial charge in [0.15, 0.2) is 5.58 Å². The van der Waals surface area contributed by atoms with E-state index in [4.69, 9.17) is 14.4 Å². The highest BCUT2D eigenvalue weighted by Gasteiger charge is 2.20. The second-order valence-electron chi connectivity index (χ2n) is 12.8. The molecule has 5 aromatic carbocycles. The lowest BCUT2D eigenvalue weighted by Gasteiger charge is -2.20. The maximum absolute atomic E-state index is 6.18. The van der Waals surface area contributed by atoms with E-state index in [9.17, 15) is 0 Å². The Bertz CT molecular complexity index is 2560. The van der Waals surface area contributed by atoms with E-state index >= 15 is 0 Å². The van der Waals surface area contributed by atoms with Gasteiger partial charge in [0.05, 0.1) is 22.1 Å². The Morgan fingerprint density at radius 1 is 0.578 bits per heavy atom. The topological polar surface area (TPSA) is 48.8 Å². The minimum Gasteiger partial charge on any atom is -0.436 e. The maximum Gasteiger partial charge on any atom is 0.227 e. The number of rotatable bonds is 3. The Balaban J connectivity index is 1.32. The molecule has 0 aliphatic rings. The molecule has 4 heterocycles. The number of oxazole rings is 1. The number of hydrogen-bond donors (Lipinski definition) is 0. The molecular formula is C40H30N4O. The molecule has 45 heavy (non-hydrogen) atoms. The van der Waals surface area contributed by atoms with Gasteiger partial charge in [-0.3, -0.25) is 4.57 Å². The molecule has 0 saturated heterocycles. The lowest BCUT2D eigenvalue weighted by molar-refractivity contribution is 0.588. The molecule has 0 aliphatic heterocycles. The van der Waals surface area contributed by atoms with Crippen molar-refractivity contribution in [2.24, 2.45) is 0 Å². The van der Waals surface area contributed by atoms with Crippen LogP contribution >= 0.6 is 0 Å². The monoisotopic (exact) mass is 582 g/mol. The molecule has 0 atom stereocenters. The number of fused-ring (bicyclic) bond motifs is 7. The third-order valence-electron chi connectivity index (χ3n) is 8.97. The van der Waals surface area contributed by atoms with E-state index in [1.165, 1.54) is 27.1 Å². The molecule has 0 N–H and O–H groups in total. The fourth-order valence-corrected chi connectivity index (χ4v) is 6.73. The summed E-state index contributed by atoms with van der Waals surface area (Å²) in [6.45, 7) is 6.73. The number of hydrogen-bond acceptors (Lipinski definition) is 3. The van der Waals surface area contributed by atoms with E-state index in [-0.39, 0.29) is 5.41 Å². The maximum atomic E-state index is 6.18. The quantitative estimate of drug-likeness (QED) is 0.208. The first-order chi connectivity index (χ1) is 21.9. The SMILES string of the molecule is CC(C)(C)c1ccnc(-n2c3ccccc3c3ccc(-n4c5ccccc5c5ccc(-c6nc7ccccc7o6)cc54)cc32)c1. The van der Waals surface area contributed by atoms with Crippen molar-refractivity contribution >= 4 is 54.7 Å². The highest BCUT2D eigenvalue weighted by atomic mass is 16.3. The standard InChI is InChI=1S/C40H30N4O/c1-40(2,3)26-20-21-41-38(23-26)44-34-14-8-5-11-29(34)31-19-17-27(24-36(31)44)43-33-13-7-4-10-28(33)30-18-16-25(22-35(30)43)39-42-32-12-6-9-15-37(32)45-39/h4-24H,1-3H3. The lowest BCUT2D eigenvalue weighted by Crippen LogP contribution is -2.12. The number of aromatic nitrogens is 4. The molecule has 0 spiro atoms. The molecule has 0 radical (unpaired) electrons. The molecular weight excluding hydrogens is 552 g/mol. The van der Waals surface area contributed by atoms with E-state index in [1.807, 2.05) is 30.5 Å². The zero-order valence-electron chi connectivity index (χ0n) is 25.3. The van der Waals surface area contributed by atoms with Gasteiger partial charge in [-0.05, 0) is 71.6 Å². The Morgan fingerprint density at radius 3 is 1.98 bits per heavy atom. The van der Waals surface area contributed by atoms with Crippen LogP contribution in [0.3, 0.4) is 0 Å². The van der Waals surface area contributed by atoms with Crippen LogP contribution < -0.4 is 0 Å². The van der Waals surface area contributed by atoms with E-state index in [0.717, 1.165) is 50.2 Å². The fourth-order valence-electron chi connectivity index (χ4n) is 6.73. The van der Waals surface area contributed by atoms with Gasteiger partial charge < -0.3 is 8.98 Å². The zero-order chi connectivity index (χ0) is 30.3. The highest BCUT2D eigenvalue weighted by Crippen LogP contribution is 2.38. The van der Waals surface area contributed by atoms with Gasteiger partial charge in [0.2, 0.25) is 5.89 Å². The molecule has 9 aromatic rings. The van der Waals surface area contributed by atoms with Gasteiger partial charge in [-0.2, -0.15) is 0 Å². The van der Waals surface area contributed by atoms with Crippen molar-refractivity contribution in [2.75, 3.05) is 0 Å². The van der Waals surface area contributed by atoms with Crippen molar-refractivity contribution in [2.45, 2.75) is 26.2 Å². The first kappa shape index (κ1) is 25.8. The molecule has 216 valence electrons. The minimum atomic E-state index is 0.0109. The van der Waals surface area contributed by atoms with Crippen LogP contribution in [-0.2, 0) is 5.41 Å². The molecule has 9 rings (SSSR count). The van der Waals surface area contributed by atoms with Crippen LogP contribution in [0.25, 0.3) is 77.7 Å². The first-order valence-corrected chi connectivity index (χ1v) is 15.3. The van der Waals surface area contributed by atoms with Crippen LogP contribution in [0.5, 0.6) is 0 Å². The van der Waals surface area contributed by atoms with E-state index < -0.39 is 0 Å². The van der Waals surface area contributed by atoms with Gasteiger partial charge in [0.25, 0.3) is 0 Å². The third-order valence-corrected chi connectivity index (χ3v) is 8.97. The number of nitrogens with zero attached hydrogens (tertiary/aromatic N) is 4. The highest BCUT2D eigenvalue weighted by molar-refractivity contribution is 6.12. The van der Waals surface area contributed by atoms with Crippen molar-refractivity contribution in [3.63, 3.8) is 0 Å². The van der Waals surface area contributed by atoms with Crippen LogP contribution in [0, 0.1) is 0 Å². The number of para-hydroxylation sites is 4. The lowest BCUT2D eigenvalue weighted by atomic mass is 9.88. The Morgan fingerprint density at radius 2 is 1.22 bits per heavy atom. The molecule has 5 heteroatoms. The Hall–Kier alpha value is -5.68. The summed E-state index contributed by atoms with van der Waals surface area (Å²) < 4.78 is 10.8. The number of benzene rings is 5. The summed E-state index contributed by atoms with van der Waals surface area (Å²) in [5.41, 5.74) is 9.45. The summed E-state index contributed by atoms with van der Waals surface area (Å²) in [7, 11) is 0. The van der Waals surface area contributed by atoms with E-state index in [1.54, 1.807) is 0 Å². The fraction of sp³-hybridized carbons (Fsp3) is 0.100. The van der Waals surface area contributed by atoms with Crippen molar-refractivity contribution in [3.05, 3.63) is 133 Å². The molecule has 0 bridgehead atoms. The molecule has 0 aliphatic carbocycles. The van der Waals surface area contributed by atoms with Gasteiger partial charge in [0.1, 0.15) is 11.3 Å². The molecule has 0 saturated carbocycles. The van der Waals surface area contributed by atoms with Crippen LogP contribution in [0.2, 0.25) is 0 Å². The van der Waals surface area contributed by atoms with E-state index in [2.05, 4.69) is 127 Å². The summed E-state index contributed by atoms with van der Waals surface area (Å²) in [5, 5.41) is 4.80. The Labute approximate surface area is 260 Å². The summed E-state index contributed by atoms with van der Waals surface area (Å²) in [4.78, 5) is 9.68. The van der Waals surface area contributed by atoms with Crippen LogP contribution in [0.15, 0.2) is 132 Å². The predicted octanol–water partition coefficient (Wildman–Crippen LogP) is 10.4. The molecule has 0 amide bonds. The van der Waals surface area contributed by atoms with Gasteiger partial charge in [0, 0.05) is 39.0 Å². The minimum absolute atomic E-state index is 0.0109. The normalized spacial score (nSPS) is 12.3. The van der Waals surface area contributed by atoms with Crippen molar-refractivity contribution in [1.82, 2.24) is 19.1 Å². The van der Waals surface area contributed by atoms with Gasteiger partial charge >= 0.3 is 0 Å². The van der Waals surface area contributed by atoms with Crippen LogP contribution in [0.4, 0.5) is 0 Å². The molecule has 5 nitrogen and oxygen atoms in total. The summed E-state index contributed by atoms with van der Waals surface area (Å²) in [6, 6.07) is 42.8. The van der Waals surface area contributed by atoms with Crippen molar-refractivity contribution < 1.29 is 4.42 Å². The summed E-state index contributed by atoms with van der Waals surface area (Å²) in [5.74, 6) is 1.54. The van der Waals surface area contributed by atoms with Crippen LogP contribution in [-0.4, -0.2) is 19.1 Å². The summed E-state index contributed by atoms with van der Waals surface area (Å²) >= 11 is 0. The van der Waals surface area contributed by atoms with Crippen LogP contribution in [0.1, 0.15) is 26.3 Å². The molecule has 4 aromatic heterocycles. The zero-order valence-corrected chi connectivity index (χ0v) is 25.3. The van der Waals surface area contributed by atoms with Gasteiger partial charge in [-0.25, -0.2) is 9.97 Å². The van der Waals surface area contributed by atoms with Crippen molar-refractivity contribution in [1.29, 1.82) is 0 Å². The second-order valence-corrected chi connectivity index (χ2v) is 12.8. The second kappa shape index (κ2) is 9.41. The first-order valence-electron chi connectivity index (χ1n) is 15.3. The largest absolute Gasteiger partial charge is 0.436 e. The summed E-state index contributed by atoms with van der Waals surface area (Å²) in [6.07, 6.45) is 1.93. The number of pyridine rings is 1. The Kier molecular flexibility index (Phi) is 5.39. The van der Waals surface area contributed by atoms with Crippen molar-refractivity contribution in [3.8, 4) is 23.0 Å².